The van der Waals surface area contributed by atoms with Crippen LogP contribution in [0, 0.1) is 5.41 Å². The minimum atomic E-state index is -0.0245. The normalized spacial score (nSPS) is 13.1. The van der Waals surface area contributed by atoms with Crippen molar-refractivity contribution in [3.8, 4) is 0 Å². The largest absolute Gasteiger partial charge is 0.376 e. The summed E-state index contributed by atoms with van der Waals surface area (Å²) in [5, 5.41) is 7.44. The molecule has 0 rings (SSSR count). The van der Waals surface area contributed by atoms with Gasteiger partial charge in [-0.2, -0.15) is 0 Å². The third kappa shape index (κ3) is 2.94. The molecule has 10 heavy (non-hydrogen) atoms. The van der Waals surface area contributed by atoms with Gasteiger partial charge in [0.25, 0.3) is 0 Å². The summed E-state index contributed by atoms with van der Waals surface area (Å²) in [6, 6.07) is 0. The van der Waals surface area contributed by atoms with Crippen molar-refractivity contribution in [2.24, 2.45) is 5.73 Å². The van der Waals surface area contributed by atoms with Crippen LogP contribution in [0.2, 0.25) is 0 Å². The Hall–Kier alpha value is -0.410. The van der Waals surface area contributed by atoms with Crippen LogP contribution in [-0.2, 0) is 4.74 Å². The topological polar surface area (TPSA) is 59.1 Å². The van der Waals surface area contributed by atoms with Crippen LogP contribution in [-0.4, -0.2) is 25.5 Å². The highest BCUT2D eigenvalue weighted by molar-refractivity contribution is 5.85. The summed E-state index contributed by atoms with van der Waals surface area (Å²) in [5.41, 5.74) is 5.88. The Morgan fingerprint density at radius 1 is 1.70 bits per heavy atom. The summed E-state index contributed by atoms with van der Waals surface area (Å²) in [6.07, 6.45) is 1.48. The fourth-order valence-corrected chi connectivity index (χ4v) is 0.872. The molecule has 3 N–H and O–H groups in total. The van der Waals surface area contributed by atoms with E-state index >= 15 is 0 Å². The molecule has 0 fully saturated rings. The van der Waals surface area contributed by atoms with E-state index in [4.69, 9.17) is 15.9 Å². The highest BCUT2D eigenvalue weighted by Crippen LogP contribution is 2.00. The van der Waals surface area contributed by atoms with Gasteiger partial charge in [0.2, 0.25) is 0 Å². The van der Waals surface area contributed by atoms with Crippen molar-refractivity contribution in [2.75, 3.05) is 13.7 Å². The summed E-state index contributed by atoms with van der Waals surface area (Å²) in [6.45, 7) is 2.54. The molecule has 60 valence electrons. The fourth-order valence-electron chi connectivity index (χ4n) is 0.872. The lowest BCUT2D eigenvalue weighted by molar-refractivity contribution is 0.150. The number of ether oxygens (including phenoxy) is 1. The molecule has 0 unspecified atom stereocenters. The molecule has 0 spiro atoms. The average molecular weight is 144 g/mol. The first kappa shape index (κ1) is 9.59. The third-order valence-corrected chi connectivity index (χ3v) is 1.46. The van der Waals surface area contributed by atoms with Crippen LogP contribution in [0.1, 0.15) is 19.8 Å². The fraction of sp³-hybridized carbons (Fsp3) is 0.857. The smallest absolute Gasteiger partial charge is 0.0942 e. The lowest BCUT2D eigenvalue weighted by Crippen LogP contribution is -2.23. The molecule has 0 bridgehead atoms. The highest BCUT2D eigenvalue weighted by Gasteiger charge is 2.08. The third-order valence-electron chi connectivity index (χ3n) is 1.46. The first-order chi connectivity index (χ1) is 4.76. The van der Waals surface area contributed by atoms with Crippen molar-refractivity contribution in [2.45, 2.75) is 25.9 Å². The summed E-state index contributed by atoms with van der Waals surface area (Å²) < 4.78 is 5.03. The van der Waals surface area contributed by atoms with Gasteiger partial charge in [0.15, 0.2) is 0 Å². The molecule has 3 nitrogen and oxygen atoms in total. The molecule has 0 aliphatic heterocycles. The minimum Gasteiger partial charge on any atom is -0.376 e. The van der Waals surface area contributed by atoms with Gasteiger partial charge in [0, 0.05) is 12.8 Å². The summed E-state index contributed by atoms with van der Waals surface area (Å²) >= 11 is 0. The molecule has 0 aromatic heterocycles. The van der Waals surface area contributed by atoms with E-state index in [9.17, 15) is 0 Å². The zero-order chi connectivity index (χ0) is 7.98. The zero-order valence-electron chi connectivity index (χ0n) is 6.68. The summed E-state index contributed by atoms with van der Waals surface area (Å²) in [7, 11) is 1.62. The predicted molar refractivity (Wildman–Crippen MR) is 42.5 cm³/mol. The van der Waals surface area contributed by atoms with Crippen molar-refractivity contribution in [3.05, 3.63) is 0 Å². The van der Waals surface area contributed by atoms with Crippen molar-refractivity contribution in [3.63, 3.8) is 0 Å². The van der Waals surface area contributed by atoms with E-state index in [-0.39, 0.29) is 6.10 Å². The number of nitrogens with one attached hydrogen (secondary N) is 1. The van der Waals surface area contributed by atoms with Crippen LogP contribution < -0.4 is 5.73 Å². The second kappa shape index (κ2) is 5.38. The van der Waals surface area contributed by atoms with Crippen LogP contribution in [0.25, 0.3) is 0 Å². The predicted octanol–water partition coefficient (Wildman–Crippen LogP) is 0.780. The zero-order valence-corrected chi connectivity index (χ0v) is 6.68. The molecular weight excluding hydrogens is 128 g/mol. The van der Waals surface area contributed by atoms with Crippen molar-refractivity contribution in [1.29, 1.82) is 5.41 Å². The van der Waals surface area contributed by atoms with Gasteiger partial charge >= 0.3 is 0 Å². The molecule has 0 saturated heterocycles. The van der Waals surface area contributed by atoms with E-state index in [0.717, 1.165) is 6.42 Å². The second-order valence-corrected chi connectivity index (χ2v) is 2.20. The number of rotatable bonds is 5. The minimum absolute atomic E-state index is 0.0245. The molecule has 0 aliphatic carbocycles. The standard InChI is InChI=1S/C7H16N2O/c1-3-7(10-2)6(9)4-5-8/h7,9H,3-5,8H2,1-2H3/t7-/m0/s1. The molecule has 3 heteroatoms. The van der Waals surface area contributed by atoms with Gasteiger partial charge in [0.1, 0.15) is 0 Å². The molecule has 0 amide bonds. The van der Waals surface area contributed by atoms with E-state index in [0.29, 0.717) is 18.7 Å². The van der Waals surface area contributed by atoms with Crippen molar-refractivity contribution >= 4 is 5.71 Å². The van der Waals surface area contributed by atoms with Crippen LogP contribution in [0.15, 0.2) is 0 Å². The van der Waals surface area contributed by atoms with Gasteiger partial charge in [-0.25, -0.2) is 0 Å². The highest BCUT2D eigenvalue weighted by atomic mass is 16.5. The SMILES string of the molecule is CC[C@H](OC)C(=N)CCN. The van der Waals surface area contributed by atoms with Crippen molar-refractivity contribution in [1.82, 2.24) is 0 Å². The molecule has 0 aromatic rings. The van der Waals surface area contributed by atoms with Crippen molar-refractivity contribution < 1.29 is 4.74 Å². The summed E-state index contributed by atoms with van der Waals surface area (Å²) in [4.78, 5) is 0. The lowest BCUT2D eigenvalue weighted by atomic mass is 10.1. The van der Waals surface area contributed by atoms with E-state index in [2.05, 4.69) is 0 Å². The molecule has 0 aliphatic rings. The number of nitrogens with two attached hydrogens (primary N) is 1. The van der Waals surface area contributed by atoms with Crippen LogP contribution >= 0.6 is 0 Å². The Balaban J connectivity index is 3.65. The van der Waals surface area contributed by atoms with Gasteiger partial charge in [-0.15, -0.1) is 0 Å². The van der Waals surface area contributed by atoms with Gasteiger partial charge in [-0.1, -0.05) is 6.92 Å². The molecule has 0 saturated carbocycles. The Morgan fingerprint density at radius 3 is 2.60 bits per heavy atom. The number of hydrogen-bond acceptors (Lipinski definition) is 3. The molecule has 1 atom stereocenters. The molecule has 0 heterocycles. The van der Waals surface area contributed by atoms with E-state index in [1.54, 1.807) is 7.11 Å². The van der Waals surface area contributed by atoms with Gasteiger partial charge < -0.3 is 15.9 Å². The van der Waals surface area contributed by atoms with Gasteiger partial charge in [0.05, 0.1) is 6.10 Å². The van der Waals surface area contributed by atoms with Gasteiger partial charge in [-0.05, 0) is 19.4 Å². The van der Waals surface area contributed by atoms with Crippen LogP contribution in [0.4, 0.5) is 0 Å². The Morgan fingerprint density at radius 2 is 2.30 bits per heavy atom. The van der Waals surface area contributed by atoms with Crippen LogP contribution in [0.5, 0.6) is 0 Å². The van der Waals surface area contributed by atoms with Gasteiger partial charge in [-0.3, -0.25) is 0 Å². The Kier molecular flexibility index (Phi) is 5.16. The quantitative estimate of drug-likeness (QED) is 0.560. The van der Waals surface area contributed by atoms with E-state index in [1.807, 2.05) is 6.92 Å². The maximum Gasteiger partial charge on any atom is 0.0942 e. The van der Waals surface area contributed by atoms with Crippen LogP contribution in [0.3, 0.4) is 0 Å². The number of hydrogen-bond donors (Lipinski definition) is 2. The first-order valence-electron chi connectivity index (χ1n) is 3.56. The van der Waals surface area contributed by atoms with E-state index < -0.39 is 0 Å². The average Bonchev–Trinajstić information content (AvgIpc) is 1.91. The second-order valence-electron chi connectivity index (χ2n) is 2.20. The Bertz CT molecular complexity index is 99.8. The first-order valence-corrected chi connectivity index (χ1v) is 3.56. The molecule has 0 aromatic carbocycles. The molecular formula is C7H16N2O. The lowest BCUT2D eigenvalue weighted by Gasteiger charge is -2.12. The maximum atomic E-state index is 7.44. The molecule has 0 radical (unpaired) electrons. The Labute approximate surface area is 62.1 Å². The summed E-state index contributed by atoms with van der Waals surface area (Å²) in [5.74, 6) is 0. The monoisotopic (exact) mass is 144 g/mol. The number of methoxy groups -OCH3 is 1. The van der Waals surface area contributed by atoms with E-state index in [1.165, 1.54) is 0 Å². The maximum absolute atomic E-state index is 7.44.